The number of carbonyl (C=O) groups excluding carboxylic acids is 1. The molecule has 4 heteroatoms. The first-order valence-corrected chi connectivity index (χ1v) is 8.60. The second-order valence-electron chi connectivity index (χ2n) is 6.71. The predicted molar refractivity (Wildman–Crippen MR) is 99.4 cm³/mol. The first-order valence-electron chi connectivity index (χ1n) is 8.60. The smallest absolute Gasteiger partial charge is 0.220 e. The molecule has 1 fully saturated rings. The van der Waals surface area contributed by atoms with Crippen molar-refractivity contribution in [1.29, 1.82) is 0 Å². The van der Waals surface area contributed by atoms with Crippen molar-refractivity contribution in [2.75, 3.05) is 19.6 Å². The summed E-state index contributed by atoms with van der Waals surface area (Å²) in [5.41, 5.74) is 5.36. The van der Waals surface area contributed by atoms with Gasteiger partial charge in [-0.2, -0.15) is 0 Å². The van der Waals surface area contributed by atoms with Gasteiger partial charge in [0.05, 0.1) is 0 Å². The van der Waals surface area contributed by atoms with Crippen molar-refractivity contribution >= 4 is 18.3 Å². The molecule has 0 aliphatic carbocycles. The third-order valence-electron chi connectivity index (χ3n) is 4.78. The number of hydrogen-bond donors (Lipinski definition) is 2. The van der Waals surface area contributed by atoms with Crippen LogP contribution in [0.4, 0.5) is 0 Å². The SMILES string of the molecule is Cc1cc(C)c(CCNC(=O)CCC2CCNCC2)c(C)c1.Cl. The van der Waals surface area contributed by atoms with Gasteiger partial charge in [-0.25, -0.2) is 0 Å². The maximum Gasteiger partial charge on any atom is 0.220 e. The van der Waals surface area contributed by atoms with Gasteiger partial charge in [0, 0.05) is 13.0 Å². The molecule has 3 nitrogen and oxygen atoms in total. The standard InChI is InChI=1S/C19H30N2O.ClH/c1-14-12-15(2)18(16(3)13-14)8-11-21-19(22)5-4-17-6-9-20-10-7-17;/h12-13,17,20H,4-11H2,1-3H3,(H,21,22);1H. The van der Waals surface area contributed by atoms with Crippen molar-refractivity contribution in [1.82, 2.24) is 10.6 Å². The van der Waals surface area contributed by atoms with E-state index in [-0.39, 0.29) is 18.3 Å². The zero-order valence-corrected chi connectivity index (χ0v) is 15.5. The van der Waals surface area contributed by atoms with E-state index in [2.05, 4.69) is 43.5 Å². The van der Waals surface area contributed by atoms with Crippen molar-refractivity contribution in [2.45, 2.75) is 52.9 Å². The van der Waals surface area contributed by atoms with E-state index >= 15 is 0 Å². The average molecular weight is 339 g/mol. The maximum atomic E-state index is 12.0. The van der Waals surface area contributed by atoms with Gasteiger partial charge in [-0.1, -0.05) is 17.7 Å². The highest BCUT2D eigenvalue weighted by Crippen LogP contribution is 2.18. The van der Waals surface area contributed by atoms with Crippen LogP contribution in [0, 0.1) is 26.7 Å². The third kappa shape index (κ3) is 6.52. The monoisotopic (exact) mass is 338 g/mol. The molecule has 0 atom stereocenters. The molecule has 0 bridgehead atoms. The summed E-state index contributed by atoms with van der Waals surface area (Å²) in [6.45, 7) is 9.42. The average Bonchev–Trinajstić information content (AvgIpc) is 2.49. The van der Waals surface area contributed by atoms with Crippen LogP contribution in [-0.2, 0) is 11.2 Å². The Morgan fingerprint density at radius 3 is 2.39 bits per heavy atom. The third-order valence-corrected chi connectivity index (χ3v) is 4.78. The van der Waals surface area contributed by atoms with Gasteiger partial charge in [-0.15, -0.1) is 12.4 Å². The van der Waals surface area contributed by atoms with Gasteiger partial charge in [0.1, 0.15) is 0 Å². The molecule has 0 saturated carbocycles. The van der Waals surface area contributed by atoms with E-state index < -0.39 is 0 Å². The molecule has 0 aromatic heterocycles. The Labute approximate surface area is 147 Å². The topological polar surface area (TPSA) is 41.1 Å². The van der Waals surface area contributed by atoms with Crippen LogP contribution < -0.4 is 10.6 Å². The van der Waals surface area contributed by atoms with Gasteiger partial charge < -0.3 is 10.6 Å². The summed E-state index contributed by atoms with van der Waals surface area (Å²) in [6, 6.07) is 4.45. The highest BCUT2D eigenvalue weighted by atomic mass is 35.5. The molecule has 0 radical (unpaired) electrons. The first-order chi connectivity index (χ1) is 10.6. The van der Waals surface area contributed by atoms with Crippen LogP contribution in [0.3, 0.4) is 0 Å². The van der Waals surface area contributed by atoms with Crippen LogP contribution in [-0.4, -0.2) is 25.5 Å². The maximum absolute atomic E-state index is 12.0. The molecule has 0 spiro atoms. The highest BCUT2D eigenvalue weighted by molar-refractivity contribution is 5.85. The van der Waals surface area contributed by atoms with Gasteiger partial charge in [-0.3, -0.25) is 4.79 Å². The van der Waals surface area contributed by atoms with E-state index in [1.807, 2.05) is 0 Å². The lowest BCUT2D eigenvalue weighted by molar-refractivity contribution is -0.121. The normalized spacial score (nSPS) is 15.1. The molecule has 1 heterocycles. The summed E-state index contributed by atoms with van der Waals surface area (Å²) in [7, 11) is 0. The number of hydrogen-bond acceptors (Lipinski definition) is 2. The molecular weight excluding hydrogens is 308 g/mol. The molecule has 2 N–H and O–H groups in total. The number of aryl methyl sites for hydroxylation is 3. The van der Waals surface area contributed by atoms with E-state index in [0.717, 1.165) is 38.4 Å². The van der Waals surface area contributed by atoms with E-state index in [0.29, 0.717) is 6.42 Å². The van der Waals surface area contributed by atoms with Crippen molar-refractivity contribution in [3.8, 4) is 0 Å². The fourth-order valence-corrected chi connectivity index (χ4v) is 3.53. The van der Waals surface area contributed by atoms with Crippen LogP contribution in [0.15, 0.2) is 12.1 Å². The summed E-state index contributed by atoms with van der Waals surface area (Å²) < 4.78 is 0. The molecule has 1 aromatic rings. The molecule has 1 amide bonds. The molecule has 130 valence electrons. The minimum absolute atomic E-state index is 0. The number of amides is 1. The Balaban J connectivity index is 0.00000264. The van der Waals surface area contributed by atoms with Crippen LogP contribution in [0.2, 0.25) is 0 Å². The fraction of sp³-hybridized carbons (Fsp3) is 0.632. The number of rotatable bonds is 6. The van der Waals surface area contributed by atoms with E-state index in [1.54, 1.807) is 0 Å². The summed E-state index contributed by atoms with van der Waals surface area (Å²) in [4.78, 5) is 12.0. The van der Waals surface area contributed by atoms with E-state index in [9.17, 15) is 4.79 Å². The van der Waals surface area contributed by atoms with Crippen molar-refractivity contribution in [3.63, 3.8) is 0 Å². The fourth-order valence-electron chi connectivity index (χ4n) is 3.53. The molecule has 1 aliphatic heterocycles. The zero-order chi connectivity index (χ0) is 15.9. The van der Waals surface area contributed by atoms with Crippen LogP contribution in [0.25, 0.3) is 0 Å². The zero-order valence-electron chi connectivity index (χ0n) is 14.7. The van der Waals surface area contributed by atoms with Gasteiger partial charge in [0.15, 0.2) is 0 Å². The lowest BCUT2D eigenvalue weighted by Crippen LogP contribution is -2.30. The Morgan fingerprint density at radius 2 is 1.78 bits per heavy atom. The van der Waals surface area contributed by atoms with Gasteiger partial charge >= 0.3 is 0 Å². The Kier molecular flexibility index (Phi) is 8.64. The van der Waals surface area contributed by atoms with Crippen LogP contribution in [0.5, 0.6) is 0 Å². The van der Waals surface area contributed by atoms with Crippen LogP contribution >= 0.6 is 12.4 Å². The quantitative estimate of drug-likeness (QED) is 0.833. The molecule has 1 aliphatic rings. The summed E-state index contributed by atoms with van der Waals surface area (Å²) in [6.07, 6.45) is 5.08. The molecule has 1 saturated heterocycles. The lowest BCUT2D eigenvalue weighted by Gasteiger charge is -2.22. The largest absolute Gasteiger partial charge is 0.356 e. The molecule has 2 rings (SSSR count). The van der Waals surface area contributed by atoms with Gasteiger partial charge in [0.2, 0.25) is 5.91 Å². The van der Waals surface area contributed by atoms with Gasteiger partial charge in [0.25, 0.3) is 0 Å². The predicted octanol–water partition coefficient (Wildman–Crippen LogP) is 3.47. The van der Waals surface area contributed by atoms with Gasteiger partial charge in [-0.05, 0) is 82.2 Å². The molecule has 0 unspecified atom stereocenters. The Morgan fingerprint density at radius 1 is 1.17 bits per heavy atom. The lowest BCUT2D eigenvalue weighted by atomic mass is 9.93. The number of benzene rings is 1. The molecule has 23 heavy (non-hydrogen) atoms. The van der Waals surface area contributed by atoms with E-state index in [4.69, 9.17) is 0 Å². The van der Waals surface area contributed by atoms with Crippen molar-refractivity contribution < 1.29 is 4.79 Å². The Bertz CT molecular complexity index is 487. The summed E-state index contributed by atoms with van der Waals surface area (Å²) >= 11 is 0. The highest BCUT2D eigenvalue weighted by Gasteiger charge is 2.14. The minimum atomic E-state index is 0. The van der Waals surface area contributed by atoms with Crippen molar-refractivity contribution in [2.24, 2.45) is 5.92 Å². The Hall–Kier alpha value is -1.06. The first kappa shape index (κ1) is 20.0. The number of nitrogens with one attached hydrogen (secondary N) is 2. The molecule has 1 aromatic carbocycles. The number of carbonyl (C=O) groups is 1. The number of piperidine rings is 1. The molecular formula is C19H31ClN2O. The summed E-state index contributed by atoms with van der Waals surface area (Å²) in [5.74, 6) is 0.939. The number of halogens is 1. The van der Waals surface area contributed by atoms with E-state index in [1.165, 1.54) is 35.1 Å². The van der Waals surface area contributed by atoms with Crippen LogP contribution in [0.1, 0.15) is 47.9 Å². The minimum Gasteiger partial charge on any atom is -0.356 e. The van der Waals surface area contributed by atoms with Crippen molar-refractivity contribution in [3.05, 3.63) is 34.4 Å². The summed E-state index contributed by atoms with van der Waals surface area (Å²) in [5, 5.41) is 6.45. The second-order valence-corrected chi connectivity index (χ2v) is 6.71. The second kappa shape index (κ2) is 9.94.